The molecule has 2 N–H and O–H groups in total. The number of anilines is 1. The highest BCUT2D eigenvalue weighted by Crippen LogP contribution is 2.24. The van der Waals surface area contributed by atoms with Crippen molar-refractivity contribution in [2.24, 2.45) is 4.99 Å². The van der Waals surface area contributed by atoms with Crippen molar-refractivity contribution in [1.29, 1.82) is 0 Å². The summed E-state index contributed by atoms with van der Waals surface area (Å²) in [6.07, 6.45) is 3.39. The van der Waals surface area contributed by atoms with Crippen LogP contribution in [0.1, 0.15) is 15.9 Å². The van der Waals surface area contributed by atoms with Crippen molar-refractivity contribution in [1.82, 2.24) is 0 Å². The first-order valence-corrected chi connectivity index (χ1v) is 13.1. The summed E-state index contributed by atoms with van der Waals surface area (Å²) in [5, 5.41) is 18.7. The second kappa shape index (κ2) is 12.7. The third-order valence-corrected chi connectivity index (χ3v) is 5.34. The lowest BCUT2D eigenvalue weighted by molar-refractivity contribution is 0.0693. The Bertz CT molecular complexity index is 1180. The molecule has 0 radical (unpaired) electrons. The summed E-state index contributed by atoms with van der Waals surface area (Å²) in [5.41, 5.74) is 1.50. The van der Waals surface area contributed by atoms with Gasteiger partial charge in [0.1, 0.15) is 11.3 Å². The summed E-state index contributed by atoms with van der Waals surface area (Å²) in [5.74, 6) is -1.64. The fourth-order valence-corrected chi connectivity index (χ4v) is 3.42. The summed E-state index contributed by atoms with van der Waals surface area (Å²) >= 11 is 0. The van der Waals surface area contributed by atoms with Gasteiger partial charge in [-0.05, 0) is 29.8 Å². The van der Waals surface area contributed by atoms with Crippen molar-refractivity contribution >= 4 is 56.2 Å². The molecule has 0 spiro atoms. The average molecular weight is 537 g/mol. The quantitative estimate of drug-likeness (QED) is 0.303. The Morgan fingerprint density at radius 3 is 1.94 bits per heavy atom. The highest BCUT2D eigenvalue weighted by atomic mass is 35.5. The van der Waals surface area contributed by atoms with Crippen molar-refractivity contribution in [2.75, 3.05) is 43.7 Å². The number of phenols is 1. The van der Waals surface area contributed by atoms with Gasteiger partial charge >= 0.3 is 5.97 Å². The molecule has 2 aromatic rings. The third-order valence-electron chi connectivity index (χ3n) is 4.15. The fourth-order valence-electron chi connectivity index (χ4n) is 2.67. The Labute approximate surface area is 204 Å². The maximum Gasteiger partial charge on any atom is 0.339 e. The second-order valence-corrected chi connectivity index (χ2v) is 10.2. The lowest BCUT2D eigenvalue weighted by Gasteiger charge is -2.24. The predicted molar refractivity (Wildman–Crippen MR) is 130 cm³/mol. The van der Waals surface area contributed by atoms with Crippen molar-refractivity contribution < 1.29 is 40.2 Å². The maximum absolute atomic E-state index is 11.2. The largest absolute Gasteiger partial charge is 0.507 e. The van der Waals surface area contributed by atoms with Gasteiger partial charge in [0, 0.05) is 31.1 Å². The van der Waals surface area contributed by atoms with Crippen LogP contribution in [0.5, 0.6) is 5.75 Å². The monoisotopic (exact) mass is 536 g/mol. The Morgan fingerprint density at radius 1 is 0.971 bits per heavy atom. The van der Waals surface area contributed by atoms with Gasteiger partial charge in [-0.2, -0.15) is 16.8 Å². The molecule has 0 amide bonds. The number of aliphatic imine (C=N–C) groups is 1. The summed E-state index contributed by atoms with van der Waals surface area (Å²) < 4.78 is 54.3. The zero-order valence-electron chi connectivity index (χ0n) is 18.3. The van der Waals surface area contributed by atoms with E-state index in [1.807, 2.05) is 0 Å². The van der Waals surface area contributed by atoms with E-state index < -0.39 is 32.0 Å². The molecule has 0 saturated heterocycles. The molecule has 0 heterocycles. The number of carbonyl (C=O) groups is 1. The summed E-state index contributed by atoms with van der Waals surface area (Å²) in [7, 11) is -7.24. The lowest BCUT2D eigenvalue weighted by atomic mass is 10.2. The van der Waals surface area contributed by atoms with E-state index in [2.05, 4.69) is 4.99 Å². The predicted octanol–water partition coefficient (Wildman–Crippen LogP) is 2.02. The minimum absolute atomic E-state index is 0. The summed E-state index contributed by atoms with van der Waals surface area (Å²) in [6.45, 7) is 0.0825. The summed E-state index contributed by atoms with van der Waals surface area (Å²) in [4.78, 5) is 16.9. The van der Waals surface area contributed by atoms with E-state index in [4.69, 9.17) is 13.5 Å². The number of carboxylic acids is 1. The highest BCUT2D eigenvalue weighted by molar-refractivity contribution is 7.86. The van der Waals surface area contributed by atoms with E-state index in [0.717, 1.165) is 12.5 Å². The lowest BCUT2D eigenvalue weighted by Crippen LogP contribution is -2.32. The molecule has 2 aromatic carbocycles. The van der Waals surface area contributed by atoms with E-state index in [1.54, 1.807) is 29.2 Å². The molecule has 2 rings (SSSR count). The Kier molecular flexibility index (Phi) is 10.9. The topological polar surface area (TPSA) is 160 Å². The molecule has 0 unspecified atom stereocenters. The fraction of sp³-hybridized carbons (Fsp3) is 0.300. The zero-order valence-corrected chi connectivity index (χ0v) is 20.8. The smallest absolute Gasteiger partial charge is 0.339 e. The van der Waals surface area contributed by atoms with Gasteiger partial charge in [-0.3, -0.25) is 13.4 Å². The number of carboxylic acid groups (broad SMARTS) is 1. The van der Waals surface area contributed by atoms with Crippen LogP contribution in [-0.2, 0) is 28.6 Å². The normalized spacial score (nSPS) is 11.8. The van der Waals surface area contributed by atoms with Crippen LogP contribution in [0.15, 0.2) is 47.5 Å². The Morgan fingerprint density at radius 2 is 1.50 bits per heavy atom. The van der Waals surface area contributed by atoms with E-state index >= 15 is 0 Å². The highest BCUT2D eigenvalue weighted by Gasteiger charge is 2.11. The molecule has 0 fully saturated rings. The van der Waals surface area contributed by atoms with Crippen molar-refractivity contribution in [2.45, 2.75) is 0 Å². The minimum Gasteiger partial charge on any atom is -0.507 e. The first-order chi connectivity index (χ1) is 15.3. The van der Waals surface area contributed by atoms with Gasteiger partial charge in [-0.25, -0.2) is 4.79 Å². The zero-order chi connectivity index (χ0) is 24.6. The molecule has 11 nitrogen and oxygen atoms in total. The van der Waals surface area contributed by atoms with Crippen LogP contribution >= 0.6 is 12.4 Å². The number of aromatic hydroxyl groups is 1. The number of benzene rings is 2. The number of halogens is 1. The van der Waals surface area contributed by atoms with Crippen LogP contribution in [0.2, 0.25) is 0 Å². The molecule has 0 aliphatic heterocycles. The third kappa shape index (κ3) is 10.5. The minimum atomic E-state index is -3.62. The molecule has 0 aliphatic carbocycles. The van der Waals surface area contributed by atoms with E-state index in [1.165, 1.54) is 24.4 Å². The summed E-state index contributed by atoms with van der Waals surface area (Å²) in [6, 6.07) is 10.9. The molecule has 0 saturated carbocycles. The average Bonchev–Trinajstić information content (AvgIpc) is 2.69. The first kappa shape index (κ1) is 29.3. The van der Waals surface area contributed by atoms with Crippen molar-refractivity contribution in [3.8, 4) is 5.75 Å². The second-order valence-electron chi connectivity index (χ2n) is 6.90. The molecule has 0 aromatic heterocycles. The number of rotatable bonds is 12. The van der Waals surface area contributed by atoms with E-state index in [0.29, 0.717) is 16.9 Å². The van der Waals surface area contributed by atoms with Crippen molar-refractivity contribution in [3.05, 3.63) is 53.6 Å². The number of hydrogen-bond donors (Lipinski definition) is 2. The standard InChI is InChI=1S/C20H24N2O9S2.ClH/c1-32(26,27)30-11-9-22(10-12-31-33(2,28)29)17-6-3-15(4-7-17)14-21-16-5-8-18(20(24)25)19(23)13-16;/h3-8,13-14,23H,9-12H2,1-2H3,(H,24,25);1H. The molecule has 0 atom stereocenters. The van der Waals surface area contributed by atoms with Gasteiger partial charge in [0.2, 0.25) is 0 Å². The van der Waals surface area contributed by atoms with Crippen LogP contribution in [0, 0.1) is 0 Å². The van der Waals surface area contributed by atoms with Gasteiger partial charge in [0.15, 0.2) is 0 Å². The molecular formula is C20H25ClN2O9S2. The van der Waals surface area contributed by atoms with Gasteiger partial charge in [-0.15, -0.1) is 12.4 Å². The SMILES string of the molecule is CS(=O)(=O)OCCN(CCOS(C)(=O)=O)c1ccc(C=Nc2ccc(C(=O)O)c(O)c2)cc1.Cl. The number of aromatic carboxylic acids is 1. The molecular weight excluding hydrogens is 512 g/mol. The Balaban J connectivity index is 0.00000578. The van der Waals surface area contributed by atoms with Crippen LogP contribution in [-0.4, -0.2) is 78.0 Å². The van der Waals surface area contributed by atoms with Gasteiger partial charge in [0.05, 0.1) is 31.4 Å². The number of hydrogen-bond acceptors (Lipinski definition) is 10. The van der Waals surface area contributed by atoms with Crippen LogP contribution < -0.4 is 4.90 Å². The maximum atomic E-state index is 11.2. The van der Waals surface area contributed by atoms with E-state index in [-0.39, 0.29) is 44.3 Å². The van der Waals surface area contributed by atoms with Crippen LogP contribution in [0.25, 0.3) is 0 Å². The van der Waals surface area contributed by atoms with E-state index in [9.17, 15) is 26.7 Å². The first-order valence-electron chi connectivity index (χ1n) is 9.48. The number of nitrogens with zero attached hydrogens (tertiary/aromatic N) is 2. The molecule has 14 heteroatoms. The van der Waals surface area contributed by atoms with Crippen LogP contribution in [0.3, 0.4) is 0 Å². The Hall–Kier alpha value is -2.71. The molecule has 0 aliphatic rings. The molecule has 0 bridgehead atoms. The molecule has 34 heavy (non-hydrogen) atoms. The van der Waals surface area contributed by atoms with Gasteiger partial charge < -0.3 is 15.1 Å². The molecule has 188 valence electrons. The van der Waals surface area contributed by atoms with Crippen molar-refractivity contribution in [3.63, 3.8) is 0 Å². The van der Waals surface area contributed by atoms with Crippen LogP contribution in [0.4, 0.5) is 11.4 Å². The van der Waals surface area contributed by atoms with Gasteiger partial charge in [-0.1, -0.05) is 12.1 Å². The van der Waals surface area contributed by atoms with Gasteiger partial charge in [0.25, 0.3) is 20.2 Å².